The number of rotatable bonds is 5. The van der Waals surface area contributed by atoms with Crippen LogP contribution < -0.4 is 10.6 Å². The third-order valence-electron chi connectivity index (χ3n) is 1.85. The summed E-state index contributed by atoms with van der Waals surface area (Å²) in [5.41, 5.74) is 0.937. The molecule has 0 radical (unpaired) electrons. The zero-order valence-electron chi connectivity index (χ0n) is 8.11. The second-order valence-corrected chi connectivity index (χ2v) is 3.85. The Morgan fingerprint density at radius 1 is 1.21 bits per heavy atom. The highest BCUT2D eigenvalue weighted by atomic mass is 35.5. The predicted octanol–water partition coefficient (Wildman–Crippen LogP) is 3.01. The average Bonchev–Trinajstić information content (AvgIpc) is 2.15. The topological polar surface area (TPSA) is 24.1 Å². The second kappa shape index (κ2) is 6.12. The fourth-order valence-corrected chi connectivity index (χ4v) is 1.60. The van der Waals surface area contributed by atoms with E-state index >= 15 is 0 Å². The van der Waals surface area contributed by atoms with E-state index in [-0.39, 0.29) is 0 Å². The third-order valence-corrected chi connectivity index (χ3v) is 2.40. The van der Waals surface area contributed by atoms with E-state index in [0.717, 1.165) is 25.2 Å². The van der Waals surface area contributed by atoms with Gasteiger partial charge in [0.05, 0.1) is 10.7 Å². The monoisotopic (exact) mass is 232 g/mol. The van der Waals surface area contributed by atoms with Gasteiger partial charge in [0.15, 0.2) is 0 Å². The summed E-state index contributed by atoms with van der Waals surface area (Å²) in [6.45, 7) is 1.90. The van der Waals surface area contributed by atoms with Crippen LogP contribution in [-0.2, 0) is 0 Å². The number of halogens is 2. The SMILES string of the molecule is CNCCCNc1ccc(Cl)cc1Cl. The summed E-state index contributed by atoms with van der Waals surface area (Å²) < 4.78 is 0. The van der Waals surface area contributed by atoms with Crippen molar-refractivity contribution in [3.8, 4) is 0 Å². The maximum absolute atomic E-state index is 5.98. The maximum atomic E-state index is 5.98. The highest BCUT2D eigenvalue weighted by Gasteiger charge is 1.99. The van der Waals surface area contributed by atoms with Gasteiger partial charge in [-0.05, 0) is 38.2 Å². The lowest BCUT2D eigenvalue weighted by molar-refractivity contribution is 0.748. The number of nitrogens with one attached hydrogen (secondary N) is 2. The van der Waals surface area contributed by atoms with Crippen molar-refractivity contribution in [2.75, 3.05) is 25.5 Å². The van der Waals surface area contributed by atoms with E-state index in [9.17, 15) is 0 Å². The molecule has 0 bridgehead atoms. The van der Waals surface area contributed by atoms with Gasteiger partial charge in [0, 0.05) is 11.6 Å². The van der Waals surface area contributed by atoms with Crippen LogP contribution in [0.3, 0.4) is 0 Å². The Morgan fingerprint density at radius 3 is 2.64 bits per heavy atom. The van der Waals surface area contributed by atoms with Crippen molar-refractivity contribution in [3.63, 3.8) is 0 Å². The average molecular weight is 233 g/mol. The fourth-order valence-electron chi connectivity index (χ4n) is 1.12. The molecule has 0 heterocycles. The molecule has 0 spiro atoms. The van der Waals surface area contributed by atoms with Crippen LogP contribution in [0.15, 0.2) is 18.2 Å². The van der Waals surface area contributed by atoms with E-state index in [1.165, 1.54) is 0 Å². The summed E-state index contributed by atoms with van der Waals surface area (Å²) in [6.07, 6.45) is 1.06. The Hall–Kier alpha value is -0.440. The molecule has 0 aliphatic heterocycles. The van der Waals surface area contributed by atoms with Crippen LogP contribution in [0.1, 0.15) is 6.42 Å². The molecule has 14 heavy (non-hydrogen) atoms. The highest BCUT2D eigenvalue weighted by Crippen LogP contribution is 2.25. The van der Waals surface area contributed by atoms with Crippen molar-refractivity contribution in [2.45, 2.75) is 6.42 Å². The van der Waals surface area contributed by atoms with Crippen LogP contribution in [0.5, 0.6) is 0 Å². The normalized spacial score (nSPS) is 10.2. The van der Waals surface area contributed by atoms with Gasteiger partial charge in [-0.15, -0.1) is 0 Å². The van der Waals surface area contributed by atoms with Gasteiger partial charge in [-0.25, -0.2) is 0 Å². The molecular weight excluding hydrogens is 219 g/mol. The van der Waals surface area contributed by atoms with Crippen LogP contribution in [0.2, 0.25) is 10.0 Å². The summed E-state index contributed by atoms with van der Waals surface area (Å²) in [6, 6.07) is 5.46. The van der Waals surface area contributed by atoms with E-state index < -0.39 is 0 Å². The molecule has 0 saturated heterocycles. The van der Waals surface area contributed by atoms with E-state index in [1.54, 1.807) is 6.07 Å². The van der Waals surface area contributed by atoms with Crippen molar-refractivity contribution in [2.24, 2.45) is 0 Å². The molecule has 0 atom stereocenters. The highest BCUT2D eigenvalue weighted by molar-refractivity contribution is 6.36. The molecule has 1 rings (SSSR count). The molecule has 4 heteroatoms. The first-order chi connectivity index (χ1) is 6.74. The largest absolute Gasteiger partial charge is 0.384 e. The second-order valence-electron chi connectivity index (χ2n) is 3.01. The Bertz CT molecular complexity index is 289. The lowest BCUT2D eigenvalue weighted by Crippen LogP contribution is -2.12. The van der Waals surface area contributed by atoms with E-state index in [4.69, 9.17) is 23.2 Å². The lowest BCUT2D eigenvalue weighted by Gasteiger charge is -2.08. The fraction of sp³-hybridized carbons (Fsp3) is 0.400. The standard InChI is InChI=1S/C10H14Cl2N2/c1-13-5-2-6-14-10-4-3-8(11)7-9(10)12/h3-4,7,13-14H,2,5-6H2,1H3. The molecule has 2 nitrogen and oxygen atoms in total. The van der Waals surface area contributed by atoms with Crippen molar-refractivity contribution in [1.29, 1.82) is 0 Å². The zero-order valence-corrected chi connectivity index (χ0v) is 9.62. The van der Waals surface area contributed by atoms with E-state index in [1.807, 2.05) is 19.2 Å². The van der Waals surface area contributed by atoms with Crippen molar-refractivity contribution < 1.29 is 0 Å². The Kier molecular flexibility index (Phi) is 5.09. The smallest absolute Gasteiger partial charge is 0.0652 e. The van der Waals surface area contributed by atoms with E-state index in [2.05, 4.69) is 10.6 Å². The van der Waals surface area contributed by atoms with Crippen molar-refractivity contribution in [1.82, 2.24) is 5.32 Å². The van der Waals surface area contributed by atoms with Gasteiger partial charge in [0.2, 0.25) is 0 Å². The molecule has 1 aromatic carbocycles. The Morgan fingerprint density at radius 2 is 2.00 bits per heavy atom. The maximum Gasteiger partial charge on any atom is 0.0652 e. The van der Waals surface area contributed by atoms with Gasteiger partial charge in [-0.3, -0.25) is 0 Å². The van der Waals surface area contributed by atoms with Crippen molar-refractivity contribution >= 4 is 28.9 Å². The van der Waals surface area contributed by atoms with Gasteiger partial charge >= 0.3 is 0 Å². The summed E-state index contributed by atoms with van der Waals surface area (Å²) in [5, 5.41) is 7.66. The minimum atomic E-state index is 0.663. The number of hydrogen-bond acceptors (Lipinski definition) is 2. The molecule has 0 fully saturated rings. The first-order valence-electron chi connectivity index (χ1n) is 4.57. The quantitative estimate of drug-likeness (QED) is 0.764. The molecule has 78 valence electrons. The molecule has 0 amide bonds. The lowest BCUT2D eigenvalue weighted by atomic mass is 10.3. The van der Waals surface area contributed by atoms with Gasteiger partial charge in [-0.2, -0.15) is 0 Å². The van der Waals surface area contributed by atoms with Crippen LogP contribution in [-0.4, -0.2) is 20.1 Å². The van der Waals surface area contributed by atoms with Crippen LogP contribution in [0, 0.1) is 0 Å². The number of benzene rings is 1. The molecule has 0 aromatic heterocycles. The molecule has 0 unspecified atom stereocenters. The van der Waals surface area contributed by atoms with Crippen molar-refractivity contribution in [3.05, 3.63) is 28.2 Å². The summed E-state index contributed by atoms with van der Waals surface area (Å²) in [4.78, 5) is 0. The molecule has 0 saturated carbocycles. The molecular formula is C10H14Cl2N2. The number of anilines is 1. The van der Waals surface area contributed by atoms with Crippen LogP contribution in [0.4, 0.5) is 5.69 Å². The summed E-state index contributed by atoms with van der Waals surface area (Å²) in [5.74, 6) is 0. The van der Waals surface area contributed by atoms with Gasteiger partial charge in [-0.1, -0.05) is 23.2 Å². The predicted molar refractivity (Wildman–Crippen MR) is 63.5 cm³/mol. The Labute approximate surface area is 94.6 Å². The van der Waals surface area contributed by atoms with Crippen LogP contribution >= 0.6 is 23.2 Å². The van der Waals surface area contributed by atoms with Gasteiger partial charge < -0.3 is 10.6 Å². The van der Waals surface area contributed by atoms with Gasteiger partial charge in [0.1, 0.15) is 0 Å². The summed E-state index contributed by atoms with van der Waals surface area (Å²) in [7, 11) is 1.94. The molecule has 2 N–H and O–H groups in total. The number of hydrogen-bond donors (Lipinski definition) is 2. The molecule has 0 aliphatic carbocycles. The third kappa shape index (κ3) is 3.74. The first kappa shape index (κ1) is 11.6. The van der Waals surface area contributed by atoms with Gasteiger partial charge in [0.25, 0.3) is 0 Å². The van der Waals surface area contributed by atoms with E-state index in [0.29, 0.717) is 10.0 Å². The minimum Gasteiger partial charge on any atom is -0.384 e. The minimum absolute atomic E-state index is 0.663. The zero-order chi connectivity index (χ0) is 10.4. The molecule has 1 aromatic rings. The molecule has 0 aliphatic rings. The summed E-state index contributed by atoms with van der Waals surface area (Å²) >= 11 is 11.8. The Balaban J connectivity index is 2.42. The van der Waals surface area contributed by atoms with Crippen LogP contribution in [0.25, 0.3) is 0 Å². The first-order valence-corrected chi connectivity index (χ1v) is 5.33.